The molecule has 48 heavy (non-hydrogen) atoms. The third-order valence-corrected chi connectivity index (χ3v) is 10.2. The minimum Gasteiger partial charge on any atom is -0.455 e. The number of rotatable bonds is 15. The highest BCUT2D eigenvalue weighted by Crippen LogP contribution is 2.59. The molecular weight excluding hydrogens is 634 g/mol. The van der Waals surface area contributed by atoms with E-state index in [0.717, 1.165) is 0 Å². The van der Waals surface area contributed by atoms with E-state index in [1.165, 1.54) is 4.90 Å². The fraction of sp³-hybridized carbons (Fsp3) is 0.459. The van der Waals surface area contributed by atoms with Crippen LogP contribution in [0.1, 0.15) is 50.7 Å². The summed E-state index contributed by atoms with van der Waals surface area (Å²) in [6, 6.07) is 14.5. The van der Waals surface area contributed by atoms with Crippen molar-refractivity contribution < 1.29 is 33.8 Å². The van der Waals surface area contributed by atoms with E-state index in [4.69, 9.17) is 21.1 Å². The molecule has 0 radical (unpaired) electrons. The Hall–Kier alpha value is -3.99. The number of likely N-dealkylation sites (N-methyl/N-ethyl adjacent to an activating group) is 1. The number of fused-ring (bicyclic) bond motifs is 1. The van der Waals surface area contributed by atoms with Gasteiger partial charge in [-0.1, -0.05) is 54.1 Å². The van der Waals surface area contributed by atoms with Crippen molar-refractivity contribution >= 4 is 41.0 Å². The van der Waals surface area contributed by atoms with Crippen molar-refractivity contribution in [2.75, 3.05) is 31.6 Å². The van der Waals surface area contributed by atoms with Gasteiger partial charge in [-0.05, 0) is 62.4 Å². The lowest BCUT2D eigenvalue weighted by atomic mass is 9.70. The molecule has 256 valence electrons. The number of benzene rings is 2. The zero-order valence-electron chi connectivity index (χ0n) is 27.5. The number of aliphatic hydroxyl groups excluding tert-OH is 1. The average molecular weight is 678 g/mol. The van der Waals surface area contributed by atoms with Crippen LogP contribution in [0.4, 0.5) is 5.69 Å². The smallest absolute Gasteiger partial charge is 0.313 e. The van der Waals surface area contributed by atoms with Crippen molar-refractivity contribution in [3.05, 3.63) is 90.5 Å². The van der Waals surface area contributed by atoms with Crippen LogP contribution >= 0.6 is 11.6 Å². The Morgan fingerprint density at radius 1 is 1.15 bits per heavy atom. The fourth-order valence-electron chi connectivity index (χ4n) is 7.53. The summed E-state index contributed by atoms with van der Waals surface area (Å²) in [4.78, 5) is 60.8. The summed E-state index contributed by atoms with van der Waals surface area (Å²) in [5, 5.41) is 10.2. The normalized spacial score (nSPS) is 25.2. The number of carbonyl (C=O) groups excluding carboxylic acids is 4. The van der Waals surface area contributed by atoms with Crippen LogP contribution in [0.25, 0.3) is 0 Å². The number of allylic oxidation sites excluding steroid dienone is 1. The first kappa shape index (κ1) is 35.3. The Morgan fingerprint density at radius 2 is 1.85 bits per heavy atom. The van der Waals surface area contributed by atoms with Gasteiger partial charge in [0.15, 0.2) is 0 Å². The second kappa shape index (κ2) is 15.1. The van der Waals surface area contributed by atoms with Crippen molar-refractivity contribution in [2.45, 2.75) is 68.9 Å². The first-order chi connectivity index (χ1) is 23.1. The summed E-state index contributed by atoms with van der Waals surface area (Å²) in [5.74, 6) is -3.37. The number of anilines is 1. The molecule has 0 aliphatic carbocycles. The monoisotopic (exact) mass is 677 g/mol. The summed E-state index contributed by atoms with van der Waals surface area (Å²) in [5.41, 5.74) is 0.0300. The molecule has 1 spiro atoms. The molecular formula is C37H44ClN3O7. The summed E-state index contributed by atoms with van der Waals surface area (Å²) in [7, 11) is 1.68. The van der Waals surface area contributed by atoms with Crippen molar-refractivity contribution in [3.8, 4) is 0 Å². The molecule has 7 atom stereocenters. The Labute approximate surface area is 286 Å². The SMILES string of the molecule is C=CCCC(=O)N(C)[C@@H](C)[C@@H](OC(=O)[C@@H]1[C@H]2C(=O)N(CCCO)[C@H](C(=O)N(CC=C)c3ccc(Cl)cc3)[C@]23CC[C@H]1O3)c1ccccc1. The number of ether oxygens (including phenoxy) is 2. The summed E-state index contributed by atoms with van der Waals surface area (Å²) >= 11 is 6.13. The molecule has 11 heteroatoms. The molecule has 5 rings (SSSR count). The van der Waals surface area contributed by atoms with Gasteiger partial charge in [0.05, 0.1) is 24.0 Å². The molecule has 2 bridgehead atoms. The number of halogens is 1. The highest BCUT2D eigenvalue weighted by atomic mass is 35.5. The van der Waals surface area contributed by atoms with Crippen molar-refractivity contribution in [2.24, 2.45) is 11.8 Å². The molecule has 1 N–H and O–H groups in total. The second-order valence-corrected chi connectivity index (χ2v) is 13.2. The van der Waals surface area contributed by atoms with Gasteiger partial charge in [-0.2, -0.15) is 0 Å². The van der Waals surface area contributed by atoms with Gasteiger partial charge in [0.1, 0.15) is 17.7 Å². The lowest BCUT2D eigenvalue weighted by Crippen LogP contribution is -2.56. The van der Waals surface area contributed by atoms with Crippen LogP contribution in [0, 0.1) is 11.8 Å². The number of hydrogen-bond acceptors (Lipinski definition) is 7. The first-order valence-corrected chi connectivity index (χ1v) is 16.9. The summed E-state index contributed by atoms with van der Waals surface area (Å²) in [6.45, 7) is 9.47. The Kier molecular flexibility index (Phi) is 11.1. The Morgan fingerprint density at radius 3 is 2.50 bits per heavy atom. The van der Waals surface area contributed by atoms with Crippen LogP contribution in [-0.2, 0) is 28.7 Å². The molecule has 0 saturated carbocycles. The van der Waals surface area contributed by atoms with E-state index in [1.807, 2.05) is 37.3 Å². The highest BCUT2D eigenvalue weighted by Gasteiger charge is 2.75. The van der Waals surface area contributed by atoms with E-state index in [2.05, 4.69) is 13.2 Å². The maximum atomic E-state index is 14.6. The van der Waals surface area contributed by atoms with Crippen LogP contribution in [0.5, 0.6) is 0 Å². The molecule has 0 aromatic heterocycles. The number of hydrogen-bond donors (Lipinski definition) is 1. The summed E-state index contributed by atoms with van der Waals surface area (Å²) in [6.07, 6.45) is 3.77. The topological polar surface area (TPSA) is 117 Å². The number of carbonyl (C=O) groups is 4. The highest BCUT2D eigenvalue weighted by molar-refractivity contribution is 6.30. The molecule has 2 aromatic carbocycles. The van der Waals surface area contributed by atoms with E-state index in [0.29, 0.717) is 35.5 Å². The maximum Gasteiger partial charge on any atom is 0.313 e. The number of esters is 1. The molecule has 3 amide bonds. The molecule has 2 aromatic rings. The third kappa shape index (κ3) is 6.53. The van der Waals surface area contributed by atoms with Crippen molar-refractivity contribution in [1.29, 1.82) is 0 Å². The standard InChI is InChI=1S/C37H44ClN3O7/c1-5-7-14-29(43)39(4)24(3)32(25-12-9-8-10-13-25)47-36(46)30-28-19-20-37(48-28)31(30)34(44)41(22-11-23-42)33(37)35(45)40(21-6-2)27-17-15-26(38)16-18-27/h5-6,8-10,12-13,15-18,24,28,30-33,42H,1-2,7,11,14,19-23H2,3-4H3/t24-,28+,30-,31-,32+,33+,37-/m0/s1. The van der Waals surface area contributed by atoms with Gasteiger partial charge in [0, 0.05) is 43.9 Å². The molecule has 0 unspecified atom stereocenters. The summed E-state index contributed by atoms with van der Waals surface area (Å²) < 4.78 is 12.9. The minimum absolute atomic E-state index is 0.113. The van der Waals surface area contributed by atoms with E-state index in [9.17, 15) is 24.3 Å². The lowest BCUT2D eigenvalue weighted by molar-refractivity contribution is -0.164. The first-order valence-electron chi connectivity index (χ1n) is 16.5. The van der Waals surface area contributed by atoms with Crippen LogP contribution in [0.2, 0.25) is 5.02 Å². The second-order valence-electron chi connectivity index (χ2n) is 12.7. The Bertz CT molecular complexity index is 1520. The molecule has 3 heterocycles. The number of likely N-dealkylation sites (tertiary alicyclic amines) is 1. The molecule has 10 nitrogen and oxygen atoms in total. The van der Waals surface area contributed by atoms with E-state index >= 15 is 0 Å². The minimum atomic E-state index is -1.25. The molecule has 3 aliphatic heterocycles. The predicted octanol–water partition coefficient (Wildman–Crippen LogP) is 4.71. The van der Waals surface area contributed by atoms with Crippen LogP contribution in [0.15, 0.2) is 79.9 Å². The van der Waals surface area contributed by atoms with Gasteiger partial charge >= 0.3 is 5.97 Å². The van der Waals surface area contributed by atoms with E-state index in [-0.39, 0.29) is 50.3 Å². The molecule has 3 aliphatic rings. The zero-order valence-corrected chi connectivity index (χ0v) is 28.3. The molecule has 3 saturated heterocycles. The van der Waals surface area contributed by atoms with Gasteiger partial charge in [0.2, 0.25) is 11.8 Å². The largest absolute Gasteiger partial charge is 0.455 e. The fourth-order valence-corrected chi connectivity index (χ4v) is 7.65. The van der Waals surface area contributed by atoms with Crippen LogP contribution in [0.3, 0.4) is 0 Å². The van der Waals surface area contributed by atoms with Crippen LogP contribution in [-0.4, -0.2) is 89.1 Å². The Balaban J connectivity index is 1.48. The maximum absolute atomic E-state index is 14.6. The third-order valence-electron chi connectivity index (χ3n) is 9.96. The van der Waals surface area contributed by atoms with Gasteiger partial charge < -0.3 is 29.3 Å². The predicted molar refractivity (Wildman–Crippen MR) is 182 cm³/mol. The van der Waals surface area contributed by atoms with Crippen molar-refractivity contribution in [1.82, 2.24) is 9.80 Å². The van der Waals surface area contributed by atoms with Gasteiger partial charge in [-0.3, -0.25) is 19.2 Å². The van der Waals surface area contributed by atoms with Crippen LogP contribution < -0.4 is 4.90 Å². The van der Waals surface area contributed by atoms with Gasteiger partial charge in [-0.15, -0.1) is 13.2 Å². The number of nitrogens with zero attached hydrogens (tertiary/aromatic N) is 3. The molecule has 3 fully saturated rings. The zero-order chi connectivity index (χ0) is 34.6. The van der Waals surface area contributed by atoms with E-state index < -0.39 is 47.7 Å². The number of amides is 3. The van der Waals surface area contributed by atoms with E-state index in [1.54, 1.807) is 53.3 Å². The average Bonchev–Trinajstić information content (AvgIpc) is 3.74. The van der Waals surface area contributed by atoms with Crippen molar-refractivity contribution in [3.63, 3.8) is 0 Å². The lowest BCUT2D eigenvalue weighted by Gasteiger charge is -2.37. The number of aliphatic hydroxyl groups is 1. The van der Waals surface area contributed by atoms with Gasteiger partial charge in [-0.25, -0.2) is 0 Å². The van der Waals surface area contributed by atoms with Gasteiger partial charge in [0.25, 0.3) is 5.91 Å². The quantitative estimate of drug-likeness (QED) is 0.214.